The minimum atomic E-state index is -4.38. The monoisotopic (exact) mass is 548 g/mol. The molecule has 0 saturated carbocycles. The summed E-state index contributed by atoms with van der Waals surface area (Å²) in [7, 11) is -4.38. The molecular formula is C24H16N6O6S2. The molecule has 3 aromatic carbocycles. The van der Waals surface area contributed by atoms with Gasteiger partial charge in [-0.1, -0.05) is 30.3 Å². The first-order chi connectivity index (χ1) is 18.2. The highest BCUT2D eigenvalue weighted by atomic mass is 32.2. The lowest BCUT2D eigenvalue weighted by atomic mass is 10.1. The number of aromatic amines is 1. The first-order valence-electron chi connectivity index (χ1n) is 10.8. The maximum absolute atomic E-state index is 13.4. The summed E-state index contributed by atoms with van der Waals surface area (Å²) >= 11 is 1.23. The van der Waals surface area contributed by atoms with Gasteiger partial charge in [-0.05, 0) is 36.4 Å². The number of nitrogens with zero attached hydrogens (tertiary/aromatic N) is 5. The summed E-state index contributed by atoms with van der Waals surface area (Å²) in [5, 5.41) is 24.3. The Bertz CT molecular complexity index is 1820. The molecule has 14 heteroatoms. The van der Waals surface area contributed by atoms with E-state index in [9.17, 15) is 23.3 Å². The fourth-order valence-electron chi connectivity index (χ4n) is 3.51. The van der Waals surface area contributed by atoms with Crippen molar-refractivity contribution in [3.63, 3.8) is 0 Å². The molecule has 2 N–H and O–H groups in total. The number of hydrogen-bond acceptors (Lipinski definition) is 9. The van der Waals surface area contributed by atoms with Crippen LogP contribution in [0, 0.1) is 10.1 Å². The van der Waals surface area contributed by atoms with E-state index in [1.165, 1.54) is 52.4 Å². The van der Waals surface area contributed by atoms with Crippen LogP contribution in [0.15, 0.2) is 104 Å². The smallest absolute Gasteiger partial charge is 0.286 e. The number of hydrogen-bond donors (Lipinski definition) is 2. The van der Waals surface area contributed by atoms with E-state index in [4.69, 9.17) is 4.55 Å². The van der Waals surface area contributed by atoms with Crippen LogP contribution in [0.1, 0.15) is 0 Å². The van der Waals surface area contributed by atoms with Crippen LogP contribution in [0.3, 0.4) is 0 Å². The van der Waals surface area contributed by atoms with E-state index >= 15 is 0 Å². The highest BCUT2D eigenvalue weighted by Crippen LogP contribution is 2.31. The summed E-state index contributed by atoms with van der Waals surface area (Å²) < 4.78 is 32.9. The van der Waals surface area contributed by atoms with Crippen LogP contribution in [0.5, 0.6) is 0 Å². The molecule has 190 valence electrons. The van der Waals surface area contributed by atoms with Crippen molar-refractivity contribution < 1.29 is 17.9 Å². The van der Waals surface area contributed by atoms with Crippen LogP contribution >= 0.6 is 11.3 Å². The van der Waals surface area contributed by atoms with Crippen molar-refractivity contribution >= 4 is 38.5 Å². The molecular weight excluding hydrogens is 532 g/mol. The van der Waals surface area contributed by atoms with E-state index in [1.54, 1.807) is 5.38 Å². The molecule has 0 spiro atoms. The number of azo groups is 1. The summed E-state index contributed by atoms with van der Waals surface area (Å²) in [5.41, 5.74) is 1.69. The Morgan fingerprint density at radius 1 is 0.947 bits per heavy atom. The third kappa shape index (κ3) is 5.04. The van der Waals surface area contributed by atoms with Crippen molar-refractivity contribution in [2.24, 2.45) is 10.2 Å². The predicted molar refractivity (Wildman–Crippen MR) is 140 cm³/mol. The Morgan fingerprint density at radius 2 is 1.63 bits per heavy atom. The van der Waals surface area contributed by atoms with E-state index < -0.39 is 20.6 Å². The highest BCUT2D eigenvalue weighted by molar-refractivity contribution is 7.85. The second kappa shape index (κ2) is 9.93. The minimum absolute atomic E-state index is 0.0887. The third-order valence-electron chi connectivity index (χ3n) is 5.39. The van der Waals surface area contributed by atoms with Gasteiger partial charge in [-0.25, -0.2) is 4.98 Å². The topological polar surface area (TPSA) is 173 Å². The first-order valence-corrected chi connectivity index (χ1v) is 13.1. The zero-order valence-electron chi connectivity index (χ0n) is 19.1. The van der Waals surface area contributed by atoms with Gasteiger partial charge in [0, 0.05) is 28.6 Å². The summed E-state index contributed by atoms with van der Waals surface area (Å²) in [6.07, 6.45) is 0. The van der Waals surface area contributed by atoms with Gasteiger partial charge in [0.15, 0.2) is 5.69 Å². The third-order valence-corrected chi connectivity index (χ3v) is 7.08. The second-order valence-electron chi connectivity index (χ2n) is 7.83. The number of nitro benzene ring substituents is 1. The number of aromatic nitrogens is 3. The molecule has 0 radical (unpaired) electrons. The molecule has 0 amide bonds. The van der Waals surface area contributed by atoms with E-state index in [1.807, 2.05) is 30.3 Å². The van der Waals surface area contributed by atoms with Gasteiger partial charge in [0.1, 0.15) is 0 Å². The normalized spacial score (nSPS) is 11.7. The summed E-state index contributed by atoms with van der Waals surface area (Å²) in [5.74, 6) is 0. The average molecular weight is 549 g/mol. The van der Waals surface area contributed by atoms with E-state index in [0.717, 1.165) is 17.7 Å². The van der Waals surface area contributed by atoms with Crippen LogP contribution in [-0.4, -0.2) is 32.7 Å². The van der Waals surface area contributed by atoms with Gasteiger partial charge < -0.3 is 0 Å². The number of non-ortho nitro benzene ring substituents is 1. The molecule has 2 heterocycles. The maximum atomic E-state index is 13.4. The van der Waals surface area contributed by atoms with E-state index in [-0.39, 0.29) is 27.7 Å². The summed E-state index contributed by atoms with van der Waals surface area (Å²) in [4.78, 5) is 28.2. The fourth-order valence-corrected chi connectivity index (χ4v) is 4.78. The summed E-state index contributed by atoms with van der Waals surface area (Å²) in [6.45, 7) is 0. The van der Waals surface area contributed by atoms with Crippen LogP contribution in [0.25, 0.3) is 27.6 Å². The number of rotatable bonds is 7. The Morgan fingerprint density at radius 3 is 2.26 bits per heavy atom. The number of thiazole rings is 1. The molecule has 5 aromatic rings. The second-order valence-corrected chi connectivity index (χ2v) is 10.1. The lowest BCUT2D eigenvalue weighted by Gasteiger charge is -2.00. The lowest BCUT2D eigenvalue weighted by Crippen LogP contribution is -2.13. The number of H-pyrrole nitrogens is 1. The fraction of sp³-hybridized carbons (Fsp3) is 0. The van der Waals surface area contributed by atoms with Crippen LogP contribution in [-0.2, 0) is 10.1 Å². The molecule has 0 saturated heterocycles. The highest BCUT2D eigenvalue weighted by Gasteiger charge is 2.20. The Labute approximate surface area is 218 Å². The average Bonchev–Trinajstić information content (AvgIpc) is 3.52. The van der Waals surface area contributed by atoms with Gasteiger partial charge in [-0.2, -0.15) is 18.2 Å². The van der Waals surface area contributed by atoms with Crippen LogP contribution < -0.4 is 5.56 Å². The number of nitro groups is 1. The molecule has 0 atom stereocenters. The Balaban J connectivity index is 1.58. The first kappa shape index (κ1) is 24.9. The molecule has 12 nitrogen and oxygen atoms in total. The molecule has 5 rings (SSSR count). The lowest BCUT2D eigenvalue weighted by molar-refractivity contribution is -0.384. The zero-order valence-corrected chi connectivity index (χ0v) is 20.8. The van der Waals surface area contributed by atoms with Gasteiger partial charge in [0.2, 0.25) is 5.13 Å². The van der Waals surface area contributed by atoms with E-state index in [0.29, 0.717) is 16.4 Å². The largest absolute Gasteiger partial charge is 0.301 e. The molecule has 0 aliphatic carbocycles. The van der Waals surface area contributed by atoms with Crippen molar-refractivity contribution in [3.8, 4) is 27.6 Å². The Hall–Kier alpha value is -4.79. The zero-order chi connectivity index (χ0) is 26.9. The van der Waals surface area contributed by atoms with Gasteiger partial charge in [0.05, 0.1) is 26.9 Å². The van der Waals surface area contributed by atoms with Crippen LogP contribution in [0.4, 0.5) is 17.1 Å². The molecule has 2 aromatic heterocycles. The quantitative estimate of drug-likeness (QED) is 0.116. The molecule has 38 heavy (non-hydrogen) atoms. The van der Waals surface area contributed by atoms with Gasteiger partial charge in [-0.3, -0.25) is 24.6 Å². The molecule has 0 unspecified atom stereocenters. The SMILES string of the molecule is O=c1c(N=Nc2ccc(S(=O)(=O)O)cc2)c(-c2ccc([N+](=O)[O-])cc2)[nH]n1-c1nc(-c2ccccc2)cs1. The maximum Gasteiger partial charge on any atom is 0.301 e. The van der Waals surface area contributed by atoms with Gasteiger partial charge in [0.25, 0.3) is 15.8 Å². The number of benzene rings is 3. The molecule has 0 aliphatic rings. The van der Waals surface area contributed by atoms with Gasteiger partial charge in [-0.15, -0.1) is 16.5 Å². The Kier molecular flexibility index (Phi) is 6.50. The van der Waals surface area contributed by atoms with E-state index in [2.05, 4.69) is 20.3 Å². The number of nitrogens with one attached hydrogen (secondary N) is 1. The molecule has 0 fully saturated rings. The van der Waals surface area contributed by atoms with Crippen molar-refractivity contribution in [2.45, 2.75) is 4.90 Å². The minimum Gasteiger partial charge on any atom is -0.286 e. The van der Waals surface area contributed by atoms with Crippen molar-refractivity contribution in [3.05, 3.63) is 105 Å². The van der Waals surface area contributed by atoms with Crippen LogP contribution in [0.2, 0.25) is 0 Å². The van der Waals surface area contributed by atoms with Crippen molar-refractivity contribution in [1.82, 2.24) is 14.8 Å². The van der Waals surface area contributed by atoms with Crippen molar-refractivity contribution in [1.29, 1.82) is 0 Å². The standard InChI is InChI=1S/C24H16N6O6S2/c31-23-22(27-26-17-8-12-19(13-9-17)38(34,35)36)21(16-6-10-18(11-7-16)30(32)33)28-29(23)24-25-20(14-37-24)15-4-2-1-3-5-15/h1-14,28H,(H,34,35,36). The molecule has 0 aliphatic heterocycles. The summed E-state index contributed by atoms with van der Waals surface area (Å²) in [6, 6.07) is 19.9. The van der Waals surface area contributed by atoms with Crippen molar-refractivity contribution in [2.75, 3.05) is 0 Å². The predicted octanol–water partition coefficient (Wildman–Crippen LogP) is 5.53. The molecule has 0 bridgehead atoms. The van der Waals surface area contributed by atoms with Gasteiger partial charge >= 0.3 is 5.56 Å².